The number of unbranched alkanes of at least 4 members (excludes halogenated alkanes) is 5. The number of hydrogen-bond donors (Lipinski definition) is 6. The molecule has 75 heavy (non-hydrogen) atoms. The van der Waals surface area contributed by atoms with Gasteiger partial charge in [0.1, 0.15) is 46.7 Å². The van der Waals surface area contributed by atoms with Crippen LogP contribution in [0.5, 0.6) is 0 Å². The number of nitrogens with zero attached hydrogens (tertiary/aromatic N) is 3. The first-order valence-electron chi connectivity index (χ1n) is 26.3. The quantitative estimate of drug-likeness (QED) is 0.0250. The molecule has 5 amide bonds. The minimum atomic E-state index is -1.19. The van der Waals surface area contributed by atoms with Gasteiger partial charge in [-0.25, -0.2) is 14.4 Å². The van der Waals surface area contributed by atoms with E-state index in [1.165, 1.54) is 0 Å². The molecule has 7 N–H and O–H groups in total. The summed E-state index contributed by atoms with van der Waals surface area (Å²) in [5.74, 6) is -2.92. The topological polar surface area (TPSA) is 273 Å². The maximum absolute atomic E-state index is 13.7. The van der Waals surface area contributed by atoms with Crippen molar-refractivity contribution in [1.29, 1.82) is 0 Å². The van der Waals surface area contributed by atoms with Crippen molar-refractivity contribution in [3.05, 3.63) is 83.7 Å². The van der Waals surface area contributed by atoms with Crippen molar-refractivity contribution in [2.24, 2.45) is 5.73 Å². The number of benzene rings is 2. The van der Waals surface area contributed by atoms with Crippen molar-refractivity contribution in [2.45, 2.75) is 200 Å². The Labute approximate surface area is 443 Å². The predicted molar refractivity (Wildman–Crippen MR) is 283 cm³/mol. The van der Waals surface area contributed by atoms with Crippen LogP contribution in [0, 0.1) is 0 Å². The molecule has 20 heteroatoms. The Morgan fingerprint density at radius 3 is 1.68 bits per heavy atom. The smallest absolute Gasteiger partial charge is 0.329 e. The largest absolute Gasteiger partial charge is 0.460 e. The highest BCUT2D eigenvalue weighted by atomic mass is 16.6. The molecule has 4 atom stereocenters. The number of carbonyl (C=O) groups excluding carboxylic acids is 7. The highest BCUT2D eigenvalue weighted by Gasteiger charge is 2.32. The van der Waals surface area contributed by atoms with Gasteiger partial charge in [0.05, 0.1) is 12.8 Å². The Balaban J connectivity index is 1.41. The molecule has 0 aliphatic carbocycles. The van der Waals surface area contributed by atoms with Crippen molar-refractivity contribution in [3.8, 4) is 0 Å². The van der Waals surface area contributed by atoms with Gasteiger partial charge >= 0.3 is 23.9 Å². The van der Waals surface area contributed by atoms with Gasteiger partial charge in [-0.05, 0) is 112 Å². The SMILES string of the molecule is CC(C)(C)OC(=O)CC[C@H](NC(=O)N[C@@H](CCCCn1cc(COCCCCCCCC(=O)N[C@@H](Cc2ccccc2)C(=O)NC(Cc2ccccc2)C(=O)NCCN)nn1)C(=O)OC(C)(C)C)C(=O)OC(C)(C)C. The third-order valence-electron chi connectivity index (χ3n) is 11.0. The number of aromatic nitrogens is 3. The number of carbonyl (C=O) groups is 7. The summed E-state index contributed by atoms with van der Waals surface area (Å²) in [5.41, 5.74) is 5.64. The van der Waals surface area contributed by atoms with E-state index in [0.29, 0.717) is 38.1 Å². The number of urea groups is 1. The number of hydrogen-bond acceptors (Lipinski definition) is 14. The van der Waals surface area contributed by atoms with E-state index in [4.69, 9.17) is 24.7 Å². The van der Waals surface area contributed by atoms with Crippen molar-refractivity contribution in [2.75, 3.05) is 19.7 Å². The van der Waals surface area contributed by atoms with Crippen LogP contribution in [0.4, 0.5) is 4.79 Å². The van der Waals surface area contributed by atoms with E-state index >= 15 is 0 Å². The fraction of sp³-hybridized carbons (Fsp3) is 0.618. The van der Waals surface area contributed by atoms with Crippen molar-refractivity contribution in [3.63, 3.8) is 0 Å². The molecule has 2 aromatic carbocycles. The average molecular weight is 1050 g/mol. The lowest BCUT2D eigenvalue weighted by atomic mass is 10.0. The van der Waals surface area contributed by atoms with Crippen molar-refractivity contribution >= 4 is 41.7 Å². The van der Waals surface area contributed by atoms with Crippen LogP contribution in [-0.4, -0.2) is 117 Å². The van der Waals surface area contributed by atoms with Crippen LogP contribution in [0.3, 0.4) is 0 Å². The van der Waals surface area contributed by atoms with Gasteiger partial charge in [0.2, 0.25) is 17.7 Å². The number of amides is 5. The minimum Gasteiger partial charge on any atom is -0.460 e. The second-order valence-corrected chi connectivity index (χ2v) is 21.6. The Bertz CT molecular complexity index is 2220. The number of aryl methyl sites for hydroxylation is 1. The summed E-state index contributed by atoms with van der Waals surface area (Å²) in [7, 11) is 0. The van der Waals surface area contributed by atoms with Gasteiger partial charge in [0.25, 0.3) is 0 Å². The number of ether oxygens (including phenoxy) is 4. The average Bonchev–Trinajstić information content (AvgIpc) is 3.78. The van der Waals surface area contributed by atoms with Gasteiger partial charge in [0, 0.05) is 51.9 Å². The zero-order chi connectivity index (χ0) is 55.4. The van der Waals surface area contributed by atoms with E-state index in [0.717, 1.165) is 36.8 Å². The van der Waals surface area contributed by atoms with Crippen LogP contribution in [0.1, 0.15) is 150 Å². The molecule has 0 radical (unpaired) electrons. The summed E-state index contributed by atoms with van der Waals surface area (Å²) in [4.78, 5) is 92.1. The molecule has 1 unspecified atom stereocenters. The zero-order valence-corrected chi connectivity index (χ0v) is 45.8. The molecule has 0 fully saturated rings. The first-order chi connectivity index (χ1) is 35.4. The second kappa shape index (κ2) is 32.1. The normalized spacial score (nSPS) is 13.3. The number of rotatable bonds is 32. The molecule has 1 aromatic heterocycles. The molecule has 3 aromatic rings. The fourth-order valence-corrected chi connectivity index (χ4v) is 7.57. The lowest BCUT2D eigenvalue weighted by Gasteiger charge is -2.27. The Morgan fingerprint density at radius 2 is 1.12 bits per heavy atom. The zero-order valence-electron chi connectivity index (χ0n) is 45.8. The lowest BCUT2D eigenvalue weighted by Crippen LogP contribution is -2.55. The summed E-state index contributed by atoms with van der Waals surface area (Å²) in [6.45, 7) is 17.3. The summed E-state index contributed by atoms with van der Waals surface area (Å²) in [6, 6.07) is 14.1. The van der Waals surface area contributed by atoms with E-state index in [2.05, 4.69) is 36.9 Å². The van der Waals surface area contributed by atoms with Crippen LogP contribution in [-0.2, 0) is 73.7 Å². The van der Waals surface area contributed by atoms with Gasteiger partial charge in [-0.15, -0.1) is 5.10 Å². The summed E-state index contributed by atoms with van der Waals surface area (Å²) in [6.07, 6.45) is 7.81. The van der Waals surface area contributed by atoms with Crippen LogP contribution in [0.25, 0.3) is 0 Å². The Kier molecular flexibility index (Phi) is 26.9. The molecule has 0 aliphatic rings. The summed E-state index contributed by atoms with van der Waals surface area (Å²) in [5, 5.41) is 22.3. The van der Waals surface area contributed by atoms with E-state index in [1.54, 1.807) is 73.2 Å². The van der Waals surface area contributed by atoms with Gasteiger partial charge < -0.3 is 51.3 Å². The molecule has 0 saturated heterocycles. The maximum Gasteiger partial charge on any atom is 0.329 e. The first-order valence-corrected chi connectivity index (χ1v) is 26.3. The van der Waals surface area contributed by atoms with Gasteiger partial charge in [0.15, 0.2) is 0 Å². The molecule has 416 valence electrons. The van der Waals surface area contributed by atoms with Crippen LogP contribution < -0.4 is 32.3 Å². The summed E-state index contributed by atoms with van der Waals surface area (Å²) >= 11 is 0. The molecule has 0 spiro atoms. The predicted octanol–water partition coefficient (Wildman–Crippen LogP) is 5.68. The number of nitrogens with two attached hydrogens (primary N) is 1. The molecule has 0 bridgehead atoms. The summed E-state index contributed by atoms with van der Waals surface area (Å²) < 4.78 is 24.0. The van der Waals surface area contributed by atoms with E-state index in [-0.39, 0.29) is 70.0 Å². The van der Waals surface area contributed by atoms with Gasteiger partial charge in [-0.2, -0.15) is 0 Å². The number of nitrogens with one attached hydrogen (secondary N) is 5. The molecule has 1 heterocycles. The molecule has 0 aliphatic heterocycles. The minimum absolute atomic E-state index is 0.0783. The van der Waals surface area contributed by atoms with E-state index in [9.17, 15) is 33.6 Å². The lowest BCUT2D eigenvalue weighted by molar-refractivity contribution is -0.159. The monoisotopic (exact) mass is 1050 g/mol. The molecular formula is C55H85N9O11. The van der Waals surface area contributed by atoms with Crippen LogP contribution in [0.15, 0.2) is 66.9 Å². The standard InChI is InChI=1S/C55H85N9O11/c1-53(2,3)73-47(66)30-29-43(51(70)75-55(7,8)9)61-52(71)60-42(50(69)74-54(4,5)6)27-20-21-33-64-37-41(62-63-64)38-72-34-22-12-10-11-19-28-46(65)58-45(36-40-25-17-14-18-26-40)49(68)59-44(48(67)57-32-31-56)35-39-23-15-13-16-24-39/h13-18,23-26,37,42-45H,10-12,19-22,27-36,38,56H2,1-9H3,(H,57,67)(H,58,65)(H,59,68)(H2,60,61,71)/t42-,43-,44?,45-/m0/s1. The van der Waals surface area contributed by atoms with Crippen LogP contribution >= 0.6 is 0 Å². The maximum atomic E-state index is 13.7. The highest BCUT2D eigenvalue weighted by molar-refractivity contribution is 5.92. The fourth-order valence-electron chi connectivity index (χ4n) is 7.57. The second-order valence-electron chi connectivity index (χ2n) is 21.6. The third kappa shape index (κ3) is 28.2. The number of esters is 3. The molecule has 3 rings (SSSR count). The van der Waals surface area contributed by atoms with Gasteiger partial charge in [-0.3, -0.25) is 23.9 Å². The Hall–Kier alpha value is -6.41. The Morgan fingerprint density at radius 1 is 0.587 bits per heavy atom. The van der Waals surface area contributed by atoms with Gasteiger partial charge in [-0.1, -0.05) is 85.1 Å². The molecular weight excluding hydrogens is 963 g/mol. The van der Waals surface area contributed by atoms with Crippen LogP contribution in [0.2, 0.25) is 0 Å². The van der Waals surface area contributed by atoms with E-state index < -0.39 is 70.8 Å². The highest BCUT2D eigenvalue weighted by Crippen LogP contribution is 2.16. The molecule has 20 nitrogen and oxygen atoms in total. The van der Waals surface area contributed by atoms with Crippen molar-refractivity contribution < 1.29 is 52.5 Å². The molecule has 0 saturated carbocycles. The first kappa shape index (κ1) is 62.9. The van der Waals surface area contributed by atoms with E-state index in [1.807, 2.05) is 60.7 Å². The van der Waals surface area contributed by atoms with Crippen molar-refractivity contribution in [1.82, 2.24) is 41.6 Å². The third-order valence-corrected chi connectivity index (χ3v) is 11.0.